The summed E-state index contributed by atoms with van der Waals surface area (Å²) in [5.74, 6) is 0.432. The highest BCUT2D eigenvalue weighted by Gasteiger charge is 2.14. The normalized spacial score (nSPS) is 15.9. The van der Waals surface area contributed by atoms with Gasteiger partial charge in [0.2, 0.25) is 5.91 Å². The van der Waals surface area contributed by atoms with Gasteiger partial charge in [-0.25, -0.2) is 0 Å². The Morgan fingerprint density at radius 1 is 1.43 bits per heavy atom. The molecule has 0 unspecified atom stereocenters. The van der Waals surface area contributed by atoms with E-state index in [1.54, 1.807) is 18.2 Å². The van der Waals surface area contributed by atoms with Crippen LogP contribution in [0.2, 0.25) is 5.02 Å². The summed E-state index contributed by atoms with van der Waals surface area (Å²) in [7, 11) is 0. The lowest BCUT2D eigenvalue weighted by Gasteiger charge is -2.21. The minimum Gasteiger partial charge on any atom is -0.399 e. The number of hydrogen-bond donors (Lipinski definition) is 2. The fraction of sp³-hybridized carbons (Fsp3) is 0.533. The Labute approximate surface area is 129 Å². The van der Waals surface area contributed by atoms with Crippen LogP contribution < -0.4 is 11.1 Å². The lowest BCUT2D eigenvalue weighted by atomic mass is 10.0. The molecule has 21 heavy (non-hydrogen) atoms. The first-order chi connectivity index (χ1) is 10.1. The first-order valence-electron chi connectivity index (χ1n) is 7.15. The number of nitrogens with one attached hydrogen (secondary N) is 1. The van der Waals surface area contributed by atoms with Gasteiger partial charge in [-0.15, -0.1) is 0 Å². The maximum absolute atomic E-state index is 11.8. The summed E-state index contributed by atoms with van der Waals surface area (Å²) >= 11 is 6.00. The van der Waals surface area contributed by atoms with E-state index in [4.69, 9.17) is 26.8 Å². The molecule has 1 saturated heterocycles. The summed E-state index contributed by atoms with van der Waals surface area (Å²) < 4.78 is 10.9. The molecular weight excluding hydrogens is 292 g/mol. The van der Waals surface area contributed by atoms with Crippen molar-refractivity contribution in [2.45, 2.75) is 19.3 Å². The zero-order chi connectivity index (χ0) is 15.1. The van der Waals surface area contributed by atoms with Crippen molar-refractivity contribution in [1.29, 1.82) is 0 Å². The minimum absolute atomic E-state index is 0.117. The zero-order valence-corrected chi connectivity index (χ0v) is 12.7. The summed E-state index contributed by atoms with van der Waals surface area (Å²) in [5.41, 5.74) is 6.74. The lowest BCUT2D eigenvalue weighted by Crippen LogP contribution is -2.21. The van der Waals surface area contributed by atoms with Gasteiger partial charge < -0.3 is 20.5 Å². The molecule has 0 aliphatic carbocycles. The monoisotopic (exact) mass is 312 g/mol. The predicted octanol–water partition coefficient (Wildman–Crippen LogP) is 2.69. The van der Waals surface area contributed by atoms with Gasteiger partial charge in [0.25, 0.3) is 0 Å². The Bertz CT molecular complexity index is 476. The van der Waals surface area contributed by atoms with Crippen LogP contribution in [0.5, 0.6) is 0 Å². The van der Waals surface area contributed by atoms with Gasteiger partial charge in [0.1, 0.15) is 0 Å². The maximum Gasteiger partial charge on any atom is 0.226 e. The van der Waals surface area contributed by atoms with Crippen LogP contribution in [0.25, 0.3) is 0 Å². The molecule has 0 spiro atoms. The molecular formula is C15H21ClN2O3. The van der Waals surface area contributed by atoms with Crippen molar-refractivity contribution in [3.63, 3.8) is 0 Å². The molecule has 1 heterocycles. The molecule has 0 atom stereocenters. The van der Waals surface area contributed by atoms with Crippen LogP contribution in [0, 0.1) is 5.92 Å². The van der Waals surface area contributed by atoms with E-state index in [0.29, 0.717) is 41.9 Å². The predicted molar refractivity (Wildman–Crippen MR) is 83.5 cm³/mol. The highest BCUT2D eigenvalue weighted by Crippen LogP contribution is 2.24. The second-order valence-corrected chi connectivity index (χ2v) is 5.58. The summed E-state index contributed by atoms with van der Waals surface area (Å²) in [6.45, 7) is 2.73. The van der Waals surface area contributed by atoms with Crippen molar-refractivity contribution in [2.75, 3.05) is 37.5 Å². The molecule has 1 fully saturated rings. The van der Waals surface area contributed by atoms with Gasteiger partial charge in [-0.2, -0.15) is 0 Å². The van der Waals surface area contributed by atoms with Crippen LogP contribution in [0.3, 0.4) is 0 Å². The molecule has 0 bridgehead atoms. The average molecular weight is 313 g/mol. The molecule has 116 valence electrons. The Morgan fingerprint density at radius 2 is 2.19 bits per heavy atom. The molecule has 5 nitrogen and oxygen atoms in total. The van der Waals surface area contributed by atoms with E-state index in [-0.39, 0.29) is 5.91 Å². The first kappa shape index (κ1) is 16.1. The third kappa shape index (κ3) is 5.53. The number of carbonyl (C=O) groups is 1. The molecule has 0 radical (unpaired) electrons. The number of halogens is 1. The lowest BCUT2D eigenvalue weighted by molar-refractivity contribution is -0.117. The first-order valence-corrected chi connectivity index (χ1v) is 7.53. The summed E-state index contributed by atoms with van der Waals surface area (Å²) in [4.78, 5) is 11.8. The quantitative estimate of drug-likeness (QED) is 0.625. The molecule has 1 aromatic rings. The maximum atomic E-state index is 11.8. The standard InChI is InChI=1S/C15H21ClN2O3/c16-13-9-12(17)1-2-14(13)18-15(19)5-8-21-10-11-3-6-20-7-4-11/h1-2,9,11H,3-8,10,17H2,(H,18,19). The van der Waals surface area contributed by atoms with E-state index in [1.807, 2.05) is 0 Å². The Balaban J connectivity index is 1.65. The van der Waals surface area contributed by atoms with Crippen LogP contribution in [0.15, 0.2) is 18.2 Å². The van der Waals surface area contributed by atoms with E-state index in [1.165, 1.54) is 0 Å². The van der Waals surface area contributed by atoms with Crippen molar-refractivity contribution in [2.24, 2.45) is 5.92 Å². The number of nitrogens with two attached hydrogens (primary N) is 1. The Kier molecular flexibility index (Phi) is 6.29. The SMILES string of the molecule is Nc1ccc(NC(=O)CCOCC2CCOCC2)c(Cl)c1. The van der Waals surface area contributed by atoms with Gasteiger partial charge >= 0.3 is 0 Å². The molecule has 1 aliphatic rings. The van der Waals surface area contributed by atoms with Crippen LogP contribution in [-0.4, -0.2) is 32.3 Å². The molecule has 2 rings (SSSR count). The Hall–Kier alpha value is -1.30. The van der Waals surface area contributed by atoms with E-state index < -0.39 is 0 Å². The number of nitrogen functional groups attached to an aromatic ring is 1. The van der Waals surface area contributed by atoms with Crippen LogP contribution in [0.4, 0.5) is 11.4 Å². The smallest absolute Gasteiger partial charge is 0.226 e. The fourth-order valence-electron chi connectivity index (χ4n) is 2.17. The van der Waals surface area contributed by atoms with Crippen molar-refractivity contribution < 1.29 is 14.3 Å². The number of hydrogen-bond acceptors (Lipinski definition) is 4. The summed E-state index contributed by atoms with van der Waals surface area (Å²) in [6, 6.07) is 5.00. The molecule has 0 saturated carbocycles. The number of anilines is 2. The van der Waals surface area contributed by atoms with Crippen molar-refractivity contribution in [1.82, 2.24) is 0 Å². The molecule has 1 aliphatic heterocycles. The second kappa shape index (κ2) is 8.22. The van der Waals surface area contributed by atoms with E-state index >= 15 is 0 Å². The topological polar surface area (TPSA) is 73.6 Å². The van der Waals surface area contributed by atoms with Crippen molar-refractivity contribution >= 4 is 28.9 Å². The third-order valence-electron chi connectivity index (χ3n) is 3.44. The van der Waals surface area contributed by atoms with E-state index in [9.17, 15) is 4.79 Å². The highest BCUT2D eigenvalue weighted by molar-refractivity contribution is 6.34. The van der Waals surface area contributed by atoms with Gasteiger partial charge in [0, 0.05) is 25.5 Å². The van der Waals surface area contributed by atoms with Crippen LogP contribution in [-0.2, 0) is 14.3 Å². The number of amides is 1. The van der Waals surface area contributed by atoms with E-state index in [2.05, 4.69) is 5.32 Å². The van der Waals surface area contributed by atoms with Gasteiger partial charge in [0.05, 0.1) is 23.7 Å². The third-order valence-corrected chi connectivity index (χ3v) is 3.75. The van der Waals surface area contributed by atoms with Crippen LogP contribution in [0.1, 0.15) is 19.3 Å². The average Bonchev–Trinajstić information content (AvgIpc) is 2.48. The zero-order valence-electron chi connectivity index (χ0n) is 11.9. The second-order valence-electron chi connectivity index (χ2n) is 5.17. The number of ether oxygens (including phenoxy) is 2. The molecule has 3 N–H and O–H groups in total. The fourth-order valence-corrected chi connectivity index (χ4v) is 2.41. The highest BCUT2D eigenvalue weighted by atomic mass is 35.5. The molecule has 6 heteroatoms. The van der Waals surface area contributed by atoms with Crippen molar-refractivity contribution in [3.8, 4) is 0 Å². The van der Waals surface area contributed by atoms with Crippen LogP contribution >= 0.6 is 11.6 Å². The number of carbonyl (C=O) groups excluding carboxylic acids is 1. The van der Waals surface area contributed by atoms with Gasteiger partial charge in [-0.1, -0.05) is 11.6 Å². The number of rotatable bonds is 6. The van der Waals surface area contributed by atoms with E-state index in [0.717, 1.165) is 26.1 Å². The summed E-state index contributed by atoms with van der Waals surface area (Å²) in [5, 5.41) is 3.19. The van der Waals surface area contributed by atoms with Crippen molar-refractivity contribution in [3.05, 3.63) is 23.2 Å². The minimum atomic E-state index is -0.117. The summed E-state index contributed by atoms with van der Waals surface area (Å²) in [6.07, 6.45) is 2.38. The number of benzene rings is 1. The van der Waals surface area contributed by atoms with Gasteiger partial charge in [-0.3, -0.25) is 4.79 Å². The van der Waals surface area contributed by atoms with Gasteiger partial charge in [-0.05, 0) is 37.0 Å². The largest absolute Gasteiger partial charge is 0.399 e. The molecule has 1 aromatic carbocycles. The van der Waals surface area contributed by atoms with Gasteiger partial charge in [0.15, 0.2) is 0 Å². The Morgan fingerprint density at radius 3 is 2.90 bits per heavy atom. The molecule has 0 aromatic heterocycles. The molecule has 1 amide bonds.